The molecule has 2 aromatic rings. The summed E-state index contributed by atoms with van der Waals surface area (Å²) in [7, 11) is 0. The molecule has 0 atom stereocenters. The lowest BCUT2D eigenvalue weighted by Crippen LogP contribution is -2.09. The molecule has 0 bridgehead atoms. The molecule has 20 heavy (non-hydrogen) atoms. The van der Waals surface area contributed by atoms with E-state index in [9.17, 15) is 10.2 Å². The number of phenolic OH excluding ortho intramolecular Hbond substituents is 2. The standard InChI is InChI=1S/C18H22O2/c1-11(2)18(14-7-5-12(3)9-16(14)19)15-8-6-13(4)10-17(15)20/h5-11,18-20H,1-4H3. The fourth-order valence-corrected chi connectivity index (χ4v) is 2.72. The van der Waals surface area contributed by atoms with E-state index in [0.717, 1.165) is 22.3 Å². The van der Waals surface area contributed by atoms with Gasteiger partial charge < -0.3 is 10.2 Å². The minimum Gasteiger partial charge on any atom is -0.508 e. The Hall–Kier alpha value is -1.96. The second-order valence-corrected chi connectivity index (χ2v) is 5.85. The van der Waals surface area contributed by atoms with Gasteiger partial charge in [0.1, 0.15) is 11.5 Å². The van der Waals surface area contributed by atoms with Crippen molar-refractivity contribution in [3.8, 4) is 11.5 Å². The van der Waals surface area contributed by atoms with E-state index in [2.05, 4.69) is 13.8 Å². The van der Waals surface area contributed by atoms with Crippen molar-refractivity contribution in [2.45, 2.75) is 33.6 Å². The molecule has 2 heteroatoms. The fourth-order valence-electron chi connectivity index (χ4n) is 2.72. The topological polar surface area (TPSA) is 40.5 Å². The van der Waals surface area contributed by atoms with Crippen molar-refractivity contribution in [1.29, 1.82) is 0 Å². The first-order chi connectivity index (χ1) is 9.40. The molecule has 106 valence electrons. The van der Waals surface area contributed by atoms with Crippen molar-refractivity contribution in [1.82, 2.24) is 0 Å². The van der Waals surface area contributed by atoms with E-state index in [1.807, 2.05) is 38.1 Å². The first-order valence-electron chi connectivity index (χ1n) is 6.99. The summed E-state index contributed by atoms with van der Waals surface area (Å²) in [6.45, 7) is 8.11. The molecule has 0 unspecified atom stereocenters. The fraction of sp³-hybridized carbons (Fsp3) is 0.333. The molecule has 0 saturated carbocycles. The van der Waals surface area contributed by atoms with E-state index >= 15 is 0 Å². The van der Waals surface area contributed by atoms with Crippen LogP contribution in [0.5, 0.6) is 11.5 Å². The lowest BCUT2D eigenvalue weighted by molar-refractivity contribution is 0.435. The zero-order valence-corrected chi connectivity index (χ0v) is 12.5. The normalized spacial score (nSPS) is 11.3. The van der Waals surface area contributed by atoms with Crippen LogP contribution in [0.4, 0.5) is 0 Å². The van der Waals surface area contributed by atoms with Gasteiger partial charge in [0, 0.05) is 17.0 Å². The van der Waals surface area contributed by atoms with Crippen LogP contribution in [0, 0.1) is 19.8 Å². The summed E-state index contributed by atoms with van der Waals surface area (Å²) in [5.41, 5.74) is 3.79. The van der Waals surface area contributed by atoms with E-state index < -0.39 is 0 Å². The number of phenols is 2. The van der Waals surface area contributed by atoms with Crippen LogP contribution in [0.15, 0.2) is 36.4 Å². The van der Waals surface area contributed by atoms with Crippen molar-refractivity contribution in [2.24, 2.45) is 5.92 Å². The maximum Gasteiger partial charge on any atom is 0.119 e. The third kappa shape index (κ3) is 2.79. The Morgan fingerprint density at radius 3 is 1.45 bits per heavy atom. The van der Waals surface area contributed by atoms with Crippen molar-refractivity contribution in [3.05, 3.63) is 58.7 Å². The Kier molecular flexibility index (Phi) is 4.03. The first kappa shape index (κ1) is 14.4. The summed E-state index contributed by atoms with van der Waals surface area (Å²) in [5, 5.41) is 20.5. The largest absolute Gasteiger partial charge is 0.508 e. The second kappa shape index (κ2) is 5.58. The summed E-state index contributed by atoms with van der Waals surface area (Å²) in [6, 6.07) is 11.4. The van der Waals surface area contributed by atoms with Crippen LogP contribution >= 0.6 is 0 Å². The second-order valence-electron chi connectivity index (χ2n) is 5.85. The van der Waals surface area contributed by atoms with Gasteiger partial charge in [0.2, 0.25) is 0 Å². The molecule has 2 aromatic carbocycles. The van der Waals surface area contributed by atoms with Crippen LogP contribution in [0.25, 0.3) is 0 Å². The molecular formula is C18H22O2. The van der Waals surface area contributed by atoms with Crippen molar-refractivity contribution in [2.75, 3.05) is 0 Å². The van der Waals surface area contributed by atoms with Gasteiger partial charge in [-0.2, -0.15) is 0 Å². The summed E-state index contributed by atoms with van der Waals surface area (Å²) >= 11 is 0. The van der Waals surface area contributed by atoms with E-state index in [4.69, 9.17) is 0 Å². The van der Waals surface area contributed by atoms with E-state index in [1.165, 1.54) is 0 Å². The first-order valence-corrected chi connectivity index (χ1v) is 6.99. The number of aryl methyl sites for hydroxylation is 2. The number of benzene rings is 2. The van der Waals surface area contributed by atoms with Gasteiger partial charge in [-0.3, -0.25) is 0 Å². The number of hydrogen-bond acceptors (Lipinski definition) is 2. The number of aromatic hydroxyl groups is 2. The molecule has 0 aliphatic rings. The number of hydrogen-bond donors (Lipinski definition) is 2. The highest BCUT2D eigenvalue weighted by Gasteiger charge is 2.23. The maximum absolute atomic E-state index is 10.2. The molecule has 0 saturated heterocycles. The Bertz CT molecular complexity index is 563. The summed E-state index contributed by atoms with van der Waals surface area (Å²) in [5.74, 6) is 0.848. The van der Waals surface area contributed by atoms with Crippen molar-refractivity contribution in [3.63, 3.8) is 0 Å². The monoisotopic (exact) mass is 270 g/mol. The lowest BCUT2D eigenvalue weighted by atomic mass is 9.81. The molecule has 0 spiro atoms. The van der Waals surface area contributed by atoms with Crippen LogP contribution in [0.3, 0.4) is 0 Å². The van der Waals surface area contributed by atoms with E-state index in [0.29, 0.717) is 11.5 Å². The quantitative estimate of drug-likeness (QED) is 0.862. The summed E-state index contributed by atoms with van der Waals surface area (Å²) in [6.07, 6.45) is 0. The van der Waals surface area contributed by atoms with Crippen LogP contribution in [-0.2, 0) is 0 Å². The molecule has 0 radical (unpaired) electrons. The predicted octanol–water partition coefficient (Wildman–Crippen LogP) is 4.50. The predicted molar refractivity (Wildman–Crippen MR) is 82.4 cm³/mol. The van der Waals surface area contributed by atoms with Crippen LogP contribution in [-0.4, -0.2) is 10.2 Å². The Morgan fingerprint density at radius 1 is 0.750 bits per heavy atom. The summed E-state index contributed by atoms with van der Waals surface area (Å²) < 4.78 is 0. The molecule has 2 N–H and O–H groups in total. The highest BCUT2D eigenvalue weighted by Crippen LogP contribution is 2.40. The lowest BCUT2D eigenvalue weighted by Gasteiger charge is -2.24. The molecule has 0 aliphatic carbocycles. The van der Waals surface area contributed by atoms with Gasteiger partial charge in [-0.25, -0.2) is 0 Å². The molecule has 0 fully saturated rings. The van der Waals surface area contributed by atoms with Crippen molar-refractivity contribution >= 4 is 0 Å². The summed E-state index contributed by atoms with van der Waals surface area (Å²) in [4.78, 5) is 0. The van der Waals surface area contributed by atoms with Gasteiger partial charge in [-0.1, -0.05) is 38.1 Å². The molecule has 0 amide bonds. The zero-order chi connectivity index (χ0) is 14.9. The van der Waals surface area contributed by atoms with Crippen LogP contribution in [0.1, 0.15) is 42.0 Å². The SMILES string of the molecule is Cc1ccc(C(c2ccc(C)cc2O)C(C)C)c(O)c1. The van der Waals surface area contributed by atoms with Crippen molar-refractivity contribution < 1.29 is 10.2 Å². The molecule has 2 rings (SSSR count). The molecular weight excluding hydrogens is 248 g/mol. The van der Waals surface area contributed by atoms with Crippen LogP contribution < -0.4 is 0 Å². The molecule has 2 nitrogen and oxygen atoms in total. The average Bonchev–Trinajstić information content (AvgIpc) is 2.34. The van der Waals surface area contributed by atoms with Gasteiger partial charge in [0.25, 0.3) is 0 Å². The zero-order valence-electron chi connectivity index (χ0n) is 12.5. The minimum absolute atomic E-state index is 0.0174. The Morgan fingerprint density at radius 2 is 1.15 bits per heavy atom. The average molecular weight is 270 g/mol. The van der Waals surface area contributed by atoms with Gasteiger partial charge in [-0.05, 0) is 43.0 Å². The Labute approximate surface area is 120 Å². The Balaban J connectivity index is 2.56. The van der Waals surface area contributed by atoms with E-state index in [-0.39, 0.29) is 11.8 Å². The highest BCUT2D eigenvalue weighted by molar-refractivity contribution is 5.48. The third-order valence-corrected chi connectivity index (χ3v) is 3.71. The highest BCUT2D eigenvalue weighted by atomic mass is 16.3. The minimum atomic E-state index is -0.0174. The number of rotatable bonds is 3. The van der Waals surface area contributed by atoms with Gasteiger partial charge >= 0.3 is 0 Å². The van der Waals surface area contributed by atoms with Gasteiger partial charge in [-0.15, -0.1) is 0 Å². The van der Waals surface area contributed by atoms with Gasteiger partial charge in [0.15, 0.2) is 0 Å². The molecule has 0 aliphatic heterocycles. The van der Waals surface area contributed by atoms with Gasteiger partial charge in [0.05, 0.1) is 0 Å². The maximum atomic E-state index is 10.2. The van der Waals surface area contributed by atoms with Crippen LogP contribution in [0.2, 0.25) is 0 Å². The smallest absolute Gasteiger partial charge is 0.119 e. The third-order valence-electron chi connectivity index (χ3n) is 3.71. The molecule has 0 aromatic heterocycles. The van der Waals surface area contributed by atoms with E-state index in [1.54, 1.807) is 12.1 Å². The molecule has 0 heterocycles.